The summed E-state index contributed by atoms with van der Waals surface area (Å²) in [6.07, 6.45) is 1.60. The molecule has 5 nitrogen and oxygen atoms in total. The Hall–Kier alpha value is -2.81. The molecule has 3 aromatic carbocycles. The fraction of sp³-hybridized carbons (Fsp3) is 0.120. The van der Waals surface area contributed by atoms with E-state index >= 15 is 0 Å². The van der Waals surface area contributed by atoms with Gasteiger partial charge < -0.3 is 9.47 Å². The van der Waals surface area contributed by atoms with Crippen molar-refractivity contribution in [1.29, 1.82) is 0 Å². The summed E-state index contributed by atoms with van der Waals surface area (Å²) in [6.45, 7) is 0.341. The van der Waals surface area contributed by atoms with E-state index in [1.54, 1.807) is 30.3 Å². The van der Waals surface area contributed by atoms with Gasteiger partial charge in [0, 0.05) is 4.47 Å². The van der Waals surface area contributed by atoms with Crippen LogP contribution >= 0.6 is 39.3 Å². The van der Waals surface area contributed by atoms with Crippen molar-refractivity contribution in [3.05, 3.63) is 97.6 Å². The van der Waals surface area contributed by atoms with Crippen molar-refractivity contribution in [3.63, 3.8) is 0 Å². The number of carbonyl (C=O) groups excluding carboxylic acids is 2. The van der Waals surface area contributed by atoms with Gasteiger partial charge in [-0.1, -0.05) is 57.9 Å². The van der Waals surface area contributed by atoms with Crippen LogP contribution in [0.25, 0.3) is 6.08 Å². The van der Waals surface area contributed by atoms with Crippen LogP contribution in [-0.2, 0) is 17.9 Å². The van der Waals surface area contributed by atoms with Crippen LogP contribution in [0.2, 0.25) is 5.02 Å². The van der Waals surface area contributed by atoms with Gasteiger partial charge in [0.05, 0.1) is 23.6 Å². The average molecular weight is 563 g/mol. The lowest BCUT2D eigenvalue weighted by atomic mass is 10.1. The van der Waals surface area contributed by atoms with Gasteiger partial charge in [-0.3, -0.25) is 14.5 Å². The first-order chi connectivity index (χ1) is 16.4. The number of imide groups is 1. The van der Waals surface area contributed by atoms with Crippen molar-refractivity contribution in [2.24, 2.45) is 0 Å². The minimum Gasteiger partial charge on any atom is -0.493 e. The lowest BCUT2D eigenvalue weighted by Crippen LogP contribution is -2.27. The predicted molar refractivity (Wildman–Crippen MR) is 134 cm³/mol. The van der Waals surface area contributed by atoms with E-state index in [9.17, 15) is 14.0 Å². The van der Waals surface area contributed by atoms with E-state index in [-0.39, 0.29) is 40.0 Å². The maximum atomic E-state index is 13.1. The van der Waals surface area contributed by atoms with Gasteiger partial charge in [-0.25, -0.2) is 4.39 Å². The highest BCUT2D eigenvalue weighted by atomic mass is 79.9. The summed E-state index contributed by atoms with van der Waals surface area (Å²) in [5.41, 5.74) is 2.18. The molecular formula is C25H18BrClFNO4S. The molecule has 0 unspecified atom stereocenters. The molecule has 1 saturated heterocycles. The number of carbonyl (C=O) groups is 2. The number of nitrogens with zero attached hydrogens (tertiary/aromatic N) is 1. The summed E-state index contributed by atoms with van der Waals surface area (Å²) in [4.78, 5) is 26.9. The van der Waals surface area contributed by atoms with Gasteiger partial charge in [-0.05, 0) is 64.9 Å². The molecule has 1 heterocycles. The average Bonchev–Trinajstić information content (AvgIpc) is 3.07. The SMILES string of the molecule is COc1cc(/C=C2\SC(=O)N(Cc3ccccc3Br)C2=O)cc(Cl)c1OCc1ccc(F)cc1. The topological polar surface area (TPSA) is 55.8 Å². The minimum absolute atomic E-state index is 0.170. The largest absolute Gasteiger partial charge is 0.493 e. The van der Waals surface area contributed by atoms with Gasteiger partial charge >= 0.3 is 0 Å². The van der Waals surface area contributed by atoms with Crippen molar-refractivity contribution in [2.75, 3.05) is 7.11 Å². The molecule has 2 amide bonds. The Morgan fingerprint density at radius 1 is 1.12 bits per heavy atom. The van der Waals surface area contributed by atoms with Gasteiger partial charge in [0.2, 0.25) is 0 Å². The van der Waals surface area contributed by atoms with Crippen LogP contribution in [-0.4, -0.2) is 23.2 Å². The van der Waals surface area contributed by atoms with Crippen LogP contribution in [0.3, 0.4) is 0 Å². The number of benzene rings is 3. The summed E-state index contributed by atoms with van der Waals surface area (Å²) >= 11 is 10.8. The third-order valence-corrected chi connectivity index (χ3v) is 6.97. The molecule has 0 aliphatic carbocycles. The summed E-state index contributed by atoms with van der Waals surface area (Å²) < 4.78 is 25.2. The second-order valence-corrected chi connectivity index (χ2v) is 9.56. The third kappa shape index (κ3) is 5.46. The predicted octanol–water partition coefficient (Wildman–Crippen LogP) is 7.07. The van der Waals surface area contributed by atoms with E-state index in [1.165, 1.54) is 24.1 Å². The van der Waals surface area contributed by atoms with E-state index < -0.39 is 0 Å². The zero-order valence-electron chi connectivity index (χ0n) is 17.9. The highest BCUT2D eigenvalue weighted by Gasteiger charge is 2.35. The zero-order chi connectivity index (χ0) is 24.2. The van der Waals surface area contributed by atoms with E-state index in [4.69, 9.17) is 21.1 Å². The summed E-state index contributed by atoms with van der Waals surface area (Å²) in [7, 11) is 1.48. The van der Waals surface area contributed by atoms with E-state index in [0.717, 1.165) is 27.4 Å². The van der Waals surface area contributed by atoms with E-state index in [0.29, 0.717) is 17.1 Å². The summed E-state index contributed by atoms with van der Waals surface area (Å²) in [6, 6.07) is 16.7. The van der Waals surface area contributed by atoms with Gasteiger partial charge in [0.25, 0.3) is 11.1 Å². The molecule has 0 radical (unpaired) electrons. The first-order valence-corrected chi connectivity index (χ1v) is 12.1. The van der Waals surface area contributed by atoms with E-state index in [1.807, 2.05) is 24.3 Å². The number of hydrogen-bond donors (Lipinski definition) is 0. The molecular weight excluding hydrogens is 545 g/mol. The van der Waals surface area contributed by atoms with Gasteiger partial charge in [-0.15, -0.1) is 0 Å². The first kappa shape index (κ1) is 24.3. The molecule has 34 heavy (non-hydrogen) atoms. The van der Waals surface area contributed by atoms with Crippen LogP contribution in [0.1, 0.15) is 16.7 Å². The number of ether oxygens (including phenoxy) is 2. The lowest BCUT2D eigenvalue weighted by Gasteiger charge is -2.14. The molecule has 3 aromatic rings. The van der Waals surface area contributed by atoms with Gasteiger partial charge in [0.1, 0.15) is 12.4 Å². The number of amides is 2. The molecule has 1 fully saturated rings. The van der Waals surface area contributed by atoms with E-state index in [2.05, 4.69) is 15.9 Å². The zero-order valence-corrected chi connectivity index (χ0v) is 21.0. The van der Waals surface area contributed by atoms with Crippen LogP contribution in [0, 0.1) is 5.82 Å². The molecule has 0 aromatic heterocycles. The molecule has 4 rings (SSSR count). The number of thioether (sulfide) groups is 1. The Morgan fingerprint density at radius 3 is 2.56 bits per heavy atom. The Bertz CT molecular complexity index is 1280. The molecule has 0 saturated carbocycles. The third-order valence-electron chi connectivity index (χ3n) is 5.01. The second kappa shape index (κ2) is 10.6. The molecule has 0 N–H and O–H groups in total. The normalized spacial score (nSPS) is 14.7. The Labute approximate surface area is 213 Å². The number of rotatable bonds is 7. The Balaban J connectivity index is 1.53. The monoisotopic (exact) mass is 561 g/mol. The second-order valence-electron chi connectivity index (χ2n) is 7.31. The quantitative estimate of drug-likeness (QED) is 0.288. The Kier molecular flexibility index (Phi) is 7.60. The molecule has 0 spiro atoms. The lowest BCUT2D eigenvalue weighted by molar-refractivity contribution is -0.123. The Morgan fingerprint density at radius 2 is 1.85 bits per heavy atom. The highest BCUT2D eigenvalue weighted by molar-refractivity contribution is 9.10. The van der Waals surface area contributed by atoms with Crippen molar-refractivity contribution >= 4 is 56.5 Å². The molecule has 1 aliphatic rings. The number of hydrogen-bond acceptors (Lipinski definition) is 5. The van der Waals surface area contributed by atoms with Gasteiger partial charge in [-0.2, -0.15) is 0 Å². The maximum Gasteiger partial charge on any atom is 0.293 e. The van der Waals surface area contributed by atoms with Crippen LogP contribution in [0.4, 0.5) is 9.18 Å². The van der Waals surface area contributed by atoms with Crippen molar-refractivity contribution < 1.29 is 23.5 Å². The summed E-state index contributed by atoms with van der Waals surface area (Å²) in [5, 5.41) is -0.0653. The minimum atomic E-state index is -0.377. The smallest absolute Gasteiger partial charge is 0.293 e. The van der Waals surface area contributed by atoms with Crippen molar-refractivity contribution in [2.45, 2.75) is 13.2 Å². The van der Waals surface area contributed by atoms with Crippen molar-refractivity contribution in [3.8, 4) is 11.5 Å². The van der Waals surface area contributed by atoms with Crippen LogP contribution in [0.5, 0.6) is 11.5 Å². The summed E-state index contributed by atoms with van der Waals surface area (Å²) in [5.74, 6) is -0.0111. The fourth-order valence-corrected chi connectivity index (χ4v) is 4.81. The van der Waals surface area contributed by atoms with Crippen LogP contribution in [0.15, 0.2) is 70.0 Å². The standard InChI is InChI=1S/C25H18BrClFNO4S/c1-32-21-11-16(10-20(27)23(21)33-14-15-6-8-18(28)9-7-15)12-22-24(30)29(25(31)34-22)13-17-4-2-3-5-19(17)26/h2-12H,13-14H2,1H3/b22-12-. The molecule has 0 bridgehead atoms. The van der Waals surface area contributed by atoms with Gasteiger partial charge in [0.15, 0.2) is 11.5 Å². The maximum absolute atomic E-state index is 13.1. The molecule has 9 heteroatoms. The molecule has 174 valence electrons. The highest BCUT2D eigenvalue weighted by Crippen LogP contribution is 2.39. The molecule has 1 aliphatic heterocycles. The number of methoxy groups -OCH3 is 1. The fourth-order valence-electron chi connectivity index (χ4n) is 3.28. The first-order valence-electron chi connectivity index (χ1n) is 10.1. The van der Waals surface area contributed by atoms with Crippen LogP contribution < -0.4 is 9.47 Å². The molecule has 0 atom stereocenters. The number of halogens is 3. The van der Waals surface area contributed by atoms with Crippen molar-refractivity contribution in [1.82, 2.24) is 4.90 Å².